The van der Waals surface area contributed by atoms with Crippen LogP contribution in [0.3, 0.4) is 0 Å². The van der Waals surface area contributed by atoms with Gasteiger partial charge in [-0.25, -0.2) is 8.42 Å². The number of nitrogens with zero attached hydrogens (tertiary/aromatic N) is 1. The van der Waals surface area contributed by atoms with Crippen LogP contribution in [0.5, 0.6) is 5.75 Å². The van der Waals surface area contributed by atoms with Crippen LogP contribution in [0.1, 0.15) is 31.0 Å². The molecule has 1 N–H and O–H groups in total. The molecule has 3 aromatic rings. The molecule has 0 unspecified atom stereocenters. The van der Waals surface area contributed by atoms with Crippen LogP contribution < -0.4 is 14.4 Å². The van der Waals surface area contributed by atoms with Crippen molar-refractivity contribution in [2.75, 3.05) is 17.2 Å². The second-order valence-electron chi connectivity index (χ2n) is 7.42. The van der Waals surface area contributed by atoms with E-state index in [-0.39, 0.29) is 0 Å². The van der Waals surface area contributed by atoms with Crippen molar-refractivity contribution in [3.05, 3.63) is 96.1 Å². The smallest absolute Gasteiger partial charge is 0.244 e. The third-order valence-electron chi connectivity index (χ3n) is 5.04. The van der Waals surface area contributed by atoms with Crippen molar-refractivity contribution in [3.63, 3.8) is 0 Å². The molecule has 0 bridgehead atoms. The molecule has 0 aromatic heterocycles. The summed E-state index contributed by atoms with van der Waals surface area (Å²) in [5.41, 5.74) is 2.21. The fourth-order valence-corrected chi connectivity index (χ4v) is 4.75. The van der Waals surface area contributed by atoms with Gasteiger partial charge in [0.25, 0.3) is 0 Å². The second kappa shape index (κ2) is 10.3. The number of carbonyl (C=O) groups excluding carboxylic acids is 1. The highest BCUT2D eigenvalue weighted by Crippen LogP contribution is 2.26. The SMILES string of the molecule is CCOc1ccc(N([C@@H](C)C(=O)NC(c2ccccc2)c2ccccc2)S(C)(=O)=O)cc1. The summed E-state index contributed by atoms with van der Waals surface area (Å²) in [7, 11) is -3.72. The largest absolute Gasteiger partial charge is 0.494 e. The average Bonchev–Trinajstić information content (AvgIpc) is 2.79. The number of anilines is 1. The van der Waals surface area contributed by atoms with Gasteiger partial charge in [-0.15, -0.1) is 0 Å². The van der Waals surface area contributed by atoms with Gasteiger partial charge in [-0.1, -0.05) is 60.7 Å². The van der Waals surface area contributed by atoms with Gasteiger partial charge in [0.2, 0.25) is 15.9 Å². The lowest BCUT2D eigenvalue weighted by atomic mass is 9.98. The predicted octanol–water partition coefficient (Wildman–Crippen LogP) is 4.15. The maximum Gasteiger partial charge on any atom is 0.244 e. The van der Waals surface area contributed by atoms with Crippen molar-refractivity contribution in [2.24, 2.45) is 0 Å². The van der Waals surface area contributed by atoms with E-state index in [1.165, 1.54) is 0 Å². The lowest BCUT2D eigenvalue weighted by Gasteiger charge is -2.30. The minimum atomic E-state index is -3.72. The Bertz CT molecular complexity index is 1080. The molecule has 0 heterocycles. The zero-order valence-corrected chi connectivity index (χ0v) is 19.2. The molecule has 0 spiro atoms. The van der Waals surface area contributed by atoms with Crippen LogP contribution in [0.2, 0.25) is 0 Å². The summed E-state index contributed by atoms with van der Waals surface area (Å²) in [6, 6.07) is 24.5. The maximum absolute atomic E-state index is 13.3. The Hall–Kier alpha value is -3.32. The number of rotatable bonds is 9. The first-order valence-corrected chi connectivity index (χ1v) is 12.3. The van der Waals surface area contributed by atoms with Crippen molar-refractivity contribution in [2.45, 2.75) is 25.9 Å². The Morgan fingerprint density at radius 1 is 0.906 bits per heavy atom. The fraction of sp³-hybridized carbons (Fsp3) is 0.240. The number of hydrogen-bond donors (Lipinski definition) is 1. The number of amides is 1. The molecule has 1 amide bonds. The van der Waals surface area contributed by atoms with E-state index in [0.717, 1.165) is 21.7 Å². The maximum atomic E-state index is 13.3. The topological polar surface area (TPSA) is 75.7 Å². The van der Waals surface area contributed by atoms with E-state index < -0.39 is 28.0 Å². The Morgan fingerprint density at radius 2 is 1.41 bits per heavy atom. The summed E-state index contributed by atoms with van der Waals surface area (Å²) in [6.45, 7) is 3.97. The molecule has 6 nitrogen and oxygen atoms in total. The van der Waals surface area contributed by atoms with E-state index in [9.17, 15) is 13.2 Å². The van der Waals surface area contributed by atoms with Crippen LogP contribution in [0, 0.1) is 0 Å². The number of benzene rings is 3. The third-order valence-corrected chi connectivity index (χ3v) is 6.28. The quantitative estimate of drug-likeness (QED) is 0.529. The molecular weight excluding hydrogens is 424 g/mol. The first-order chi connectivity index (χ1) is 15.3. The highest BCUT2D eigenvalue weighted by Gasteiger charge is 2.31. The average molecular weight is 453 g/mol. The molecule has 0 radical (unpaired) electrons. The van der Waals surface area contributed by atoms with Crippen LogP contribution in [0.4, 0.5) is 5.69 Å². The molecule has 7 heteroatoms. The Morgan fingerprint density at radius 3 is 1.84 bits per heavy atom. The molecule has 0 saturated carbocycles. The van der Waals surface area contributed by atoms with Gasteiger partial charge >= 0.3 is 0 Å². The van der Waals surface area contributed by atoms with E-state index in [0.29, 0.717) is 18.0 Å². The Kier molecular flexibility index (Phi) is 7.53. The van der Waals surface area contributed by atoms with E-state index in [1.54, 1.807) is 31.2 Å². The summed E-state index contributed by atoms with van der Waals surface area (Å²) < 4.78 is 31.8. The second-order valence-corrected chi connectivity index (χ2v) is 9.28. The normalized spacial score (nSPS) is 12.2. The van der Waals surface area contributed by atoms with E-state index in [1.807, 2.05) is 67.6 Å². The minimum Gasteiger partial charge on any atom is -0.494 e. The van der Waals surface area contributed by atoms with Gasteiger partial charge in [-0.3, -0.25) is 9.10 Å². The first-order valence-electron chi connectivity index (χ1n) is 10.4. The van der Waals surface area contributed by atoms with Gasteiger partial charge in [-0.2, -0.15) is 0 Å². The summed E-state index contributed by atoms with van der Waals surface area (Å²) in [6.07, 6.45) is 1.10. The van der Waals surface area contributed by atoms with Crippen LogP contribution in [0.25, 0.3) is 0 Å². The van der Waals surface area contributed by atoms with E-state index in [2.05, 4.69) is 5.32 Å². The highest BCUT2D eigenvalue weighted by atomic mass is 32.2. The third kappa shape index (κ3) is 5.68. The van der Waals surface area contributed by atoms with Gasteiger partial charge in [0.15, 0.2) is 0 Å². The van der Waals surface area contributed by atoms with Crippen molar-refractivity contribution in [3.8, 4) is 5.75 Å². The Labute approximate surface area is 189 Å². The lowest BCUT2D eigenvalue weighted by molar-refractivity contribution is -0.122. The van der Waals surface area contributed by atoms with Crippen molar-refractivity contribution < 1.29 is 17.9 Å². The molecule has 0 aliphatic rings. The molecule has 3 aromatic carbocycles. The Balaban J connectivity index is 1.90. The molecule has 3 rings (SSSR count). The standard InChI is InChI=1S/C25H28N2O4S/c1-4-31-23-17-15-22(16-18-23)27(32(3,29)30)19(2)25(28)26-24(20-11-7-5-8-12-20)21-13-9-6-10-14-21/h5-19,24H,4H2,1-3H3,(H,26,28)/t19-/m0/s1. The number of nitrogens with one attached hydrogen (secondary N) is 1. The number of sulfonamides is 1. The first kappa shape index (κ1) is 23.3. The van der Waals surface area contributed by atoms with E-state index in [4.69, 9.17) is 4.74 Å². The molecular formula is C25H28N2O4S. The lowest BCUT2D eigenvalue weighted by Crippen LogP contribution is -2.48. The molecule has 0 aliphatic carbocycles. The summed E-state index contributed by atoms with van der Waals surface area (Å²) in [5.74, 6) is 0.233. The minimum absolute atomic E-state index is 0.398. The van der Waals surface area contributed by atoms with Gasteiger partial charge in [0.1, 0.15) is 11.8 Å². The molecule has 32 heavy (non-hydrogen) atoms. The van der Waals surface area contributed by atoms with Gasteiger partial charge < -0.3 is 10.1 Å². The van der Waals surface area contributed by atoms with Crippen LogP contribution in [-0.4, -0.2) is 33.2 Å². The zero-order chi connectivity index (χ0) is 23.1. The van der Waals surface area contributed by atoms with Gasteiger partial charge in [0, 0.05) is 0 Å². The fourth-order valence-electron chi connectivity index (χ4n) is 3.58. The highest BCUT2D eigenvalue weighted by molar-refractivity contribution is 7.92. The van der Waals surface area contributed by atoms with Crippen molar-refractivity contribution in [1.29, 1.82) is 0 Å². The molecule has 1 atom stereocenters. The summed E-state index contributed by atoms with van der Waals surface area (Å²) in [4.78, 5) is 13.3. The molecule has 0 aliphatic heterocycles. The van der Waals surface area contributed by atoms with Crippen molar-refractivity contribution >= 4 is 21.6 Å². The summed E-state index contributed by atoms with van der Waals surface area (Å²) in [5, 5.41) is 3.03. The number of ether oxygens (including phenoxy) is 1. The zero-order valence-electron chi connectivity index (χ0n) is 18.4. The van der Waals surface area contributed by atoms with Crippen LogP contribution in [0.15, 0.2) is 84.9 Å². The predicted molar refractivity (Wildman–Crippen MR) is 127 cm³/mol. The van der Waals surface area contributed by atoms with Gasteiger partial charge in [0.05, 0.1) is 24.6 Å². The molecule has 168 valence electrons. The van der Waals surface area contributed by atoms with E-state index >= 15 is 0 Å². The summed E-state index contributed by atoms with van der Waals surface area (Å²) >= 11 is 0. The van der Waals surface area contributed by atoms with Crippen molar-refractivity contribution in [1.82, 2.24) is 5.32 Å². The molecule has 0 fully saturated rings. The van der Waals surface area contributed by atoms with Gasteiger partial charge in [-0.05, 0) is 49.2 Å². The monoisotopic (exact) mass is 452 g/mol. The number of hydrogen-bond acceptors (Lipinski definition) is 4. The number of carbonyl (C=O) groups is 1. The van der Waals surface area contributed by atoms with Crippen LogP contribution in [-0.2, 0) is 14.8 Å². The van der Waals surface area contributed by atoms with Crippen LogP contribution >= 0.6 is 0 Å². The molecule has 0 saturated heterocycles.